The molecule has 0 saturated carbocycles. The third-order valence-electron chi connectivity index (χ3n) is 8.07. The molecule has 44 heavy (non-hydrogen) atoms. The first-order valence-electron chi connectivity index (χ1n) is 17.6. The molecule has 0 bridgehead atoms. The summed E-state index contributed by atoms with van der Waals surface area (Å²) in [4.78, 5) is 44.7. The Bertz CT molecular complexity index is 671. The van der Waals surface area contributed by atoms with Gasteiger partial charge in [-0.3, -0.25) is 19.2 Å². The van der Waals surface area contributed by atoms with Crippen molar-refractivity contribution in [1.82, 2.24) is 0 Å². The zero-order valence-corrected chi connectivity index (χ0v) is 28.0. The normalized spacial score (nSPS) is 11.9. The van der Waals surface area contributed by atoms with E-state index in [0.29, 0.717) is 12.8 Å². The molecule has 0 aromatic heterocycles. The highest BCUT2D eigenvalue weighted by Gasteiger charge is 2.48. The van der Waals surface area contributed by atoms with E-state index in [2.05, 4.69) is 13.8 Å². The average Bonchev–Trinajstić information content (AvgIpc) is 3.00. The van der Waals surface area contributed by atoms with Gasteiger partial charge in [0.05, 0.1) is 19.4 Å². The van der Waals surface area contributed by atoms with Gasteiger partial charge in [0.25, 0.3) is 0 Å². The largest absolute Gasteiger partial charge is 0.481 e. The molecule has 1 unspecified atom stereocenters. The first-order valence-corrected chi connectivity index (χ1v) is 17.6. The van der Waals surface area contributed by atoms with Crippen molar-refractivity contribution in [3.8, 4) is 0 Å². The van der Waals surface area contributed by atoms with Crippen LogP contribution >= 0.6 is 0 Å². The number of carbonyl (C=O) groups is 4. The Kier molecular flexibility index (Phi) is 31.4. The van der Waals surface area contributed by atoms with Crippen LogP contribution in [0.25, 0.3) is 0 Å². The number of ketones is 2. The van der Waals surface area contributed by atoms with E-state index < -0.39 is 41.8 Å². The van der Waals surface area contributed by atoms with E-state index in [4.69, 9.17) is 10.2 Å². The van der Waals surface area contributed by atoms with Crippen LogP contribution in [0, 0.1) is 0 Å². The van der Waals surface area contributed by atoms with Crippen molar-refractivity contribution in [3.63, 3.8) is 0 Å². The van der Waals surface area contributed by atoms with Crippen LogP contribution in [0.4, 0.5) is 0 Å². The Hall–Kier alpha value is -1.84. The number of Topliss-reactive ketones (excluding diaryl/α,β-unsaturated/α-hetero) is 2. The van der Waals surface area contributed by atoms with Gasteiger partial charge in [-0.05, 0) is 12.8 Å². The lowest BCUT2D eigenvalue weighted by atomic mass is 9.82. The van der Waals surface area contributed by atoms with Gasteiger partial charge in [-0.15, -0.1) is 0 Å². The highest BCUT2D eigenvalue weighted by Crippen LogP contribution is 2.22. The molecular weight excluding hydrogens is 564 g/mol. The molecule has 0 aliphatic heterocycles. The summed E-state index contributed by atoms with van der Waals surface area (Å²) in [5.41, 5.74) is -2.47. The highest BCUT2D eigenvalue weighted by molar-refractivity contribution is 6.10. The summed E-state index contributed by atoms with van der Waals surface area (Å²) >= 11 is 0. The number of rotatable bonds is 31. The molecule has 260 valence electrons. The molecule has 0 aliphatic rings. The summed E-state index contributed by atoms with van der Waals surface area (Å²) in [6.45, 7) is 3.65. The van der Waals surface area contributed by atoms with E-state index in [1.54, 1.807) is 0 Å². The minimum atomic E-state index is -2.47. The Morgan fingerprint density at radius 1 is 0.477 bits per heavy atom. The topological polar surface area (TPSA) is 169 Å². The van der Waals surface area contributed by atoms with E-state index in [0.717, 1.165) is 38.5 Å². The predicted octanol–water partition coefficient (Wildman–Crippen LogP) is 7.55. The van der Waals surface area contributed by atoms with Crippen LogP contribution in [0.2, 0.25) is 0 Å². The van der Waals surface area contributed by atoms with Crippen LogP contribution in [0.3, 0.4) is 0 Å². The molecule has 0 radical (unpaired) electrons. The van der Waals surface area contributed by atoms with E-state index >= 15 is 0 Å². The van der Waals surface area contributed by atoms with Crippen molar-refractivity contribution in [3.05, 3.63) is 0 Å². The Balaban J connectivity index is 0. The standard InChI is InChI=1S/C31H60O5.C4H6O4/c1-3-5-7-9-11-13-15-17-19-21-23-25-28(33)31(36,30(35)27-32)29(34)26-24-22-20-18-16-14-12-10-8-6-4-2;5-3(6)1-2-4(7)8/h30,32,35-36H,3-27H2,1-2H3;1-2H2,(H,5,6)(H,7,8). The molecule has 9 nitrogen and oxygen atoms in total. The maximum absolute atomic E-state index is 12.7. The summed E-state index contributed by atoms with van der Waals surface area (Å²) in [6.07, 6.45) is 23.1. The number of hydrogen-bond donors (Lipinski definition) is 5. The lowest BCUT2D eigenvalue weighted by molar-refractivity contribution is -0.166. The van der Waals surface area contributed by atoms with Crippen molar-refractivity contribution in [2.45, 2.75) is 192 Å². The number of carboxylic acid groups (broad SMARTS) is 2. The second-order valence-corrected chi connectivity index (χ2v) is 12.2. The van der Waals surface area contributed by atoms with Gasteiger partial charge in [-0.1, -0.05) is 142 Å². The van der Waals surface area contributed by atoms with Crippen molar-refractivity contribution >= 4 is 23.5 Å². The van der Waals surface area contributed by atoms with Crippen LogP contribution in [0.5, 0.6) is 0 Å². The van der Waals surface area contributed by atoms with E-state index in [-0.39, 0.29) is 25.7 Å². The van der Waals surface area contributed by atoms with Crippen LogP contribution in [0.1, 0.15) is 181 Å². The van der Waals surface area contributed by atoms with Gasteiger partial charge in [0.15, 0.2) is 11.6 Å². The molecule has 1 atom stereocenters. The first-order chi connectivity index (χ1) is 21.1. The SMILES string of the molecule is CCCCCCCCCCCCCC(=O)C(O)(C(=O)CCCCCCCCCCCCC)C(O)CO.O=C(O)CCC(=O)O. The monoisotopic (exact) mass is 630 g/mol. The average molecular weight is 631 g/mol. The van der Waals surface area contributed by atoms with Crippen LogP contribution in [0.15, 0.2) is 0 Å². The summed E-state index contributed by atoms with van der Waals surface area (Å²) in [5, 5.41) is 46.1. The molecule has 0 fully saturated rings. The molecule has 0 amide bonds. The van der Waals surface area contributed by atoms with Gasteiger partial charge in [-0.2, -0.15) is 0 Å². The first kappa shape index (κ1) is 44.3. The Morgan fingerprint density at radius 3 is 0.955 bits per heavy atom. The van der Waals surface area contributed by atoms with Crippen molar-refractivity contribution < 1.29 is 44.7 Å². The molecule has 0 aromatic rings. The van der Waals surface area contributed by atoms with Crippen LogP contribution in [-0.2, 0) is 19.2 Å². The van der Waals surface area contributed by atoms with E-state index in [9.17, 15) is 34.5 Å². The molecular formula is C35H66O9. The molecule has 0 spiro atoms. The smallest absolute Gasteiger partial charge is 0.303 e. The number of aliphatic hydroxyl groups is 3. The molecule has 0 saturated heterocycles. The maximum atomic E-state index is 12.7. The molecule has 0 rings (SSSR count). The van der Waals surface area contributed by atoms with Crippen LogP contribution < -0.4 is 0 Å². The van der Waals surface area contributed by atoms with Gasteiger partial charge in [0, 0.05) is 12.8 Å². The predicted molar refractivity (Wildman–Crippen MR) is 175 cm³/mol. The summed E-state index contributed by atoms with van der Waals surface area (Å²) in [7, 11) is 0. The number of carboxylic acids is 2. The Labute approximate surface area is 267 Å². The van der Waals surface area contributed by atoms with Gasteiger partial charge in [0.2, 0.25) is 5.60 Å². The van der Waals surface area contributed by atoms with Gasteiger partial charge >= 0.3 is 11.9 Å². The highest BCUT2D eigenvalue weighted by atomic mass is 16.4. The number of hydrogen-bond acceptors (Lipinski definition) is 7. The molecule has 5 N–H and O–H groups in total. The van der Waals surface area contributed by atoms with Gasteiger partial charge in [-0.25, -0.2) is 0 Å². The van der Waals surface area contributed by atoms with Crippen molar-refractivity contribution in [1.29, 1.82) is 0 Å². The summed E-state index contributed by atoms with van der Waals surface area (Å²) in [5.74, 6) is -3.44. The third-order valence-corrected chi connectivity index (χ3v) is 8.07. The fourth-order valence-electron chi connectivity index (χ4n) is 5.15. The number of aliphatic carboxylic acids is 2. The number of unbranched alkanes of at least 4 members (excludes halogenated alkanes) is 20. The summed E-state index contributed by atoms with van der Waals surface area (Å²) in [6, 6.07) is 0. The fraction of sp³-hybridized carbons (Fsp3) is 0.886. The second-order valence-electron chi connectivity index (χ2n) is 12.2. The molecule has 9 heteroatoms. The van der Waals surface area contributed by atoms with Gasteiger partial charge in [0.1, 0.15) is 6.10 Å². The van der Waals surface area contributed by atoms with Crippen molar-refractivity contribution in [2.24, 2.45) is 0 Å². The van der Waals surface area contributed by atoms with Crippen LogP contribution in [-0.4, -0.2) is 67.3 Å². The van der Waals surface area contributed by atoms with Crippen molar-refractivity contribution in [2.75, 3.05) is 6.61 Å². The zero-order chi connectivity index (χ0) is 33.5. The minimum Gasteiger partial charge on any atom is -0.481 e. The number of aliphatic hydroxyl groups excluding tert-OH is 2. The lowest BCUT2D eigenvalue weighted by Crippen LogP contribution is -2.57. The van der Waals surface area contributed by atoms with Gasteiger partial charge < -0.3 is 25.5 Å². The Morgan fingerprint density at radius 2 is 0.727 bits per heavy atom. The third kappa shape index (κ3) is 25.5. The summed E-state index contributed by atoms with van der Waals surface area (Å²) < 4.78 is 0. The zero-order valence-electron chi connectivity index (χ0n) is 28.0. The second kappa shape index (κ2) is 31.2. The van der Waals surface area contributed by atoms with E-state index in [1.165, 1.54) is 89.9 Å². The number of carbonyl (C=O) groups excluding carboxylic acids is 2. The lowest BCUT2D eigenvalue weighted by Gasteiger charge is -2.29. The fourth-order valence-corrected chi connectivity index (χ4v) is 5.15. The minimum absolute atomic E-state index is 0.0641. The van der Waals surface area contributed by atoms with E-state index in [1.807, 2.05) is 0 Å². The quantitative estimate of drug-likeness (QED) is 0.0383. The maximum Gasteiger partial charge on any atom is 0.303 e. The molecule has 0 aromatic carbocycles. The molecule has 0 aliphatic carbocycles. The molecule has 0 heterocycles.